The van der Waals surface area contributed by atoms with Gasteiger partial charge in [-0.15, -0.1) is 0 Å². The fraction of sp³-hybridized carbons (Fsp3) is 0.217. The zero-order chi connectivity index (χ0) is 21.1. The number of nitrogens with zero attached hydrogens (tertiary/aromatic N) is 1. The molecule has 1 aliphatic heterocycles. The smallest absolute Gasteiger partial charge is 0.207 e. The van der Waals surface area contributed by atoms with Crippen molar-refractivity contribution in [2.45, 2.75) is 26.4 Å². The molecule has 1 saturated heterocycles. The second-order valence-corrected chi connectivity index (χ2v) is 8.56. The Kier molecular flexibility index (Phi) is 6.45. The molecule has 2 atom stereocenters. The Hall–Kier alpha value is -2.30. The number of pyridine rings is 2. The van der Waals surface area contributed by atoms with Crippen LogP contribution in [0.3, 0.4) is 0 Å². The van der Waals surface area contributed by atoms with Crippen molar-refractivity contribution in [1.29, 1.82) is 0 Å². The third kappa shape index (κ3) is 4.12. The van der Waals surface area contributed by atoms with E-state index in [1.807, 2.05) is 56.3 Å². The van der Waals surface area contributed by atoms with Gasteiger partial charge in [-0.25, -0.2) is 0 Å². The molecular formula is C23H22ClN2O3P. The minimum absolute atomic E-state index is 0.0192. The molecule has 30 heavy (non-hydrogen) atoms. The quantitative estimate of drug-likeness (QED) is 0.312. The van der Waals surface area contributed by atoms with Crippen LogP contribution in [0.5, 0.6) is 0 Å². The van der Waals surface area contributed by atoms with E-state index in [9.17, 15) is 4.79 Å². The van der Waals surface area contributed by atoms with Gasteiger partial charge in [-0.1, -0.05) is 43.6 Å². The van der Waals surface area contributed by atoms with Crippen LogP contribution in [0.2, 0.25) is 5.02 Å². The Bertz CT molecular complexity index is 1240. The highest BCUT2D eigenvalue weighted by molar-refractivity contribution is 7.56. The maximum atomic E-state index is 12.0. The lowest BCUT2D eigenvalue weighted by atomic mass is 10.1. The van der Waals surface area contributed by atoms with E-state index < -0.39 is 8.38 Å². The summed E-state index contributed by atoms with van der Waals surface area (Å²) in [4.78, 5) is 19.8. The fourth-order valence-corrected chi connectivity index (χ4v) is 5.10. The van der Waals surface area contributed by atoms with Gasteiger partial charge in [-0.3, -0.25) is 9.78 Å². The normalized spacial score (nSPS) is 18.8. The number of rotatable bonds is 2. The number of halogens is 1. The minimum atomic E-state index is -1.24. The second-order valence-electron chi connectivity index (χ2n) is 6.62. The molecular weight excluding hydrogens is 419 g/mol. The largest absolute Gasteiger partial charge is 0.359 e. The molecule has 3 heterocycles. The van der Waals surface area contributed by atoms with E-state index in [1.54, 1.807) is 12.4 Å². The van der Waals surface area contributed by atoms with Crippen LogP contribution in [-0.2, 0) is 9.05 Å². The molecule has 0 amide bonds. The lowest BCUT2D eigenvalue weighted by Crippen LogP contribution is -2.17. The lowest BCUT2D eigenvalue weighted by Gasteiger charge is -2.29. The Morgan fingerprint density at radius 3 is 2.87 bits per heavy atom. The van der Waals surface area contributed by atoms with E-state index >= 15 is 0 Å². The Labute approximate surface area is 180 Å². The van der Waals surface area contributed by atoms with Crippen LogP contribution in [0.4, 0.5) is 0 Å². The van der Waals surface area contributed by atoms with Crippen LogP contribution in [0.25, 0.3) is 21.8 Å². The highest BCUT2D eigenvalue weighted by Gasteiger charge is 2.27. The number of nitrogens with one attached hydrogen (secondary N) is 1. The number of H-pyrrole nitrogens is 1. The number of benzene rings is 2. The molecule has 2 aromatic carbocycles. The summed E-state index contributed by atoms with van der Waals surface area (Å²) in [5.41, 5.74) is 2.54. The van der Waals surface area contributed by atoms with Crippen molar-refractivity contribution in [3.63, 3.8) is 0 Å². The van der Waals surface area contributed by atoms with E-state index in [1.165, 1.54) is 6.07 Å². The van der Waals surface area contributed by atoms with Gasteiger partial charge in [-0.05, 0) is 29.8 Å². The average molecular weight is 441 g/mol. The fourth-order valence-electron chi connectivity index (χ4n) is 3.44. The first-order valence-corrected chi connectivity index (χ1v) is 11.5. The molecule has 154 valence electrons. The molecule has 1 aliphatic rings. The Morgan fingerprint density at radius 1 is 1.17 bits per heavy atom. The Balaban J connectivity index is 0.00000106. The van der Waals surface area contributed by atoms with Crippen LogP contribution in [0.1, 0.15) is 31.9 Å². The topological polar surface area (TPSA) is 64.2 Å². The average Bonchev–Trinajstić information content (AvgIpc) is 2.80. The highest BCUT2D eigenvalue weighted by Crippen LogP contribution is 2.48. The van der Waals surface area contributed by atoms with Crippen molar-refractivity contribution in [1.82, 2.24) is 9.97 Å². The summed E-state index contributed by atoms with van der Waals surface area (Å²) in [5, 5.41) is 3.18. The van der Waals surface area contributed by atoms with E-state index in [-0.39, 0.29) is 11.5 Å². The lowest BCUT2D eigenvalue weighted by molar-refractivity contribution is 0.113. The predicted octanol–water partition coefficient (Wildman–Crippen LogP) is 5.87. The van der Waals surface area contributed by atoms with Crippen molar-refractivity contribution < 1.29 is 9.05 Å². The van der Waals surface area contributed by atoms with Gasteiger partial charge in [-0.2, -0.15) is 0 Å². The maximum Gasteiger partial charge on any atom is 0.207 e. The van der Waals surface area contributed by atoms with Gasteiger partial charge >= 0.3 is 0 Å². The minimum Gasteiger partial charge on any atom is -0.359 e. The van der Waals surface area contributed by atoms with Crippen LogP contribution in [0, 0.1) is 0 Å². The van der Waals surface area contributed by atoms with Gasteiger partial charge in [0.05, 0.1) is 23.7 Å². The molecule has 2 unspecified atom stereocenters. The highest BCUT2D eigenvalue weighted by atomic mass is 35.5. The molecule has 2 aromatic heterocycles. The molecule has 5 rings (SSSR count). The van der Waals surface area contributed by atoms with Gasteiger partial charge in [0.15, 0.2) is 5.43 Å². The van der Waals surface area contributed by atoms with E-state index in [0.717, 1.165) is 33.7 Å². The summed E-state index contributed by atoms with van der Waals surface area (Å²) in [6.07, 6.45) is 4.15. The molecule has 5 nitrogen and oxygen atoms in total. The zero-order valence-electron chi connectivity index (χ0n) is 16.8. The molecule has 0 bridgehead atoms. The van der Waals surface area contributed by atoms with E-state index in [4.69, 9.17) is 20.6 Å². The van der Waals surface area contributed by atoms with Crippen LogP contribution < -0.4 is 10.7 Å². The number of aromatic nitrogens is 2. The van der Waals surface area contributed by atoms with E-state index in [0.29, 0.717) is 17.0 Å². The molecule has 0 saturated carbocycles. The molecule has 0 spiro atoms. The van der Waals surface area contributed by atoms with Gasteiger partial charge in [0.25, 0.3) is 0 Å². The van der Waals surface area contributed by atoms with Crippen molar-refractivity contribution >= 4 is 47.1 Å². The van der Waals surface area contributed by atoms with Crippen molar-refractivity contribution in [3.8, 4) is 0 Å². The van der Waals surface area contributed by atoms with Gasteiger partial charge in [0.2, 0.25) is 8.38 Å². The summed E-state index contributed by atoms with van der Waals surface area (Å²) in [7, 11) is -1.24. The molecule has 7 heteroatoms. The summed E-state index contributed by atoms with van der Waals surface area (Å²) in [5.74, 6) is 0. The van der Waals surface area contributed by atoms with Crippen LogP contribution in [-0.4, -0.2) is 16.6 Å². The molecule has 1 N–H and O–H groups in total. The third-order valence-corrected chi connectivity index (χ3v) is 6.57. The number of hydrogen-bond acceptors (Lipinski definition) is 4. The second kappa shape index (κ2) is 9.23. The first kappa shape index (κ1) is 21.0. The molecule has 0 aliphatic carbocycles. The molecule has 4 aromatic rings. The van der Waals surface area contributed by atoms with Gasteiger partial charge in [0.1, 0.15) is 0 Å². The zero-order valence-corrected chi connectivity index (χ0v) is 18.4. The number of fused-ring (bicyclic) bond motifs is 3. The maximum absolute atomic E-state index is 12.0. The summed E-state index contributed by atoms with van der Waals surface area (Å²) in [6, 6.07) is 15.0. The Morgan fingerprint density at radius 2 is 2.03 bits per heavy atom. The molecule has 0 radical (unpaired) electrons. The van der Waals surface area contributed by atoms with Crippen molar-refractivity contribution in [2.75, 3.05) is 6.61 Å². The third-order valence-electron chi connectivity index (χ3n) is 4.81. The predicted molar refractivity (Wildman–Crippen MR) is 124 cm³/mol. The van der Waals surface area contributed by atoms with Gasteiger partial charge < -0.3 is 14.0 Å². The van der Waals surface area contributed by atoms with Crippen LogP contribution in [0.15, 0.2) is 65.7 Å². The number of aromatic amines is 1. The number of hydrogen-bond donors (Lipinski definition) is 1. The van der Waals surface area contributed by atoms with Crippen LogP contribution >= 0.6 is 20.0 Å². The first-order valence-electron chi connectivity index (χ1n) is 9.94. The standard InChI is InChI=1S/C21H16ClN2O3P.C2H6/c22-15-3-1-2-13(10-15)19-7-9-26-28(27-19)16-11-14-4-5-17-18(25)6-8-23-21(17)20(14)24-12-16;1-2/h1-6,8,10-12,19H,7,9H2,(H,23,25);1-2H3. The molecule has 1 fully saturated rings. The summed E-state index contributed by atoms with van der Waals surface area (Å²) >= 11 is 6.12. The first-order chi connectivity index (χ1) is 14.7. The van der Waals surface area contributed by atoms with Crippen molar-refractivity contribution in [3.05, 3.63) is 81.7 Å². The summed E-state index contributed by atoms with van der Waals surface area (Å²) < 4.78 is 12.2. The van der Waals surface area contributed by atoms with Gasteiger partial charge in [0, 0.05) is 46.0 Å². The summed E-state index contributed by atoms with van der Waals surface area (Å²) in [6.45, 7) is 4.62. The monoisotopic (exact) mass is 440 g/mol. The van der Waals surface area contributed by atoms with Crippen molar-refractivity contribution in [2.24, 2.45) is 0 Å². The van der Waals surface area contributed by atoms with E-state index in [2.05, 4.69) is 9.97 Å². The SMILES string of the molecule is CC.O=c1cc[nH]c2c1ccc1cc(P3OCCC(c4cccc(Cl)c4)O3)cnc12.